The molecule has 0 radical (unpaired) electrons. The van der Waals surface area contributed by atoms with Crippen molar-refractivity contribution in [2.45, 2.75) is 19.0 Å². The average molecular weight is 489 g/mol. The van der Waals surface area contributed by atoms with E-state index in [0.717, 1.165) is 27.7 Å². The van der Waals surface area contributed by atoms with Crippen LogP contribution in [0.2, 0.25) is 5.02 Å². The van der Waals surface area contributed by atoms with Crippen LogP contribution in [0.25, 0.3) is 27.6 Å². The predicted molar refractivity (Wildman–Crippen MR) is 139 cm³/mol. The highest BCUT2D eigenvalue weighted by Gasteiger charge is 2.18. The Morgan fingerprint density at radius 1 is 1.06 bits per heavy atom. The molecule has 0 atom stereocenters. The van der Waals surface area contributed by atoms with Crippen molar-refractivity contribution in [2.75, 3.05) is 11.1 Å². The number of amides is 1. The summed E-state index contributed by atoms with van der Waals surface area (Å²) in [5, 5.41) is 4.80. The summed E-state index contributed by atoms with van der Waals surface area (Å²) in [5.41, 5.74) is 5.12. The minimum absolute atomic E-state index is 0.0981. The molecular formula is C26H21ClN4O2S. The number of carbonyl (C=O) groups is 1. The second kappa shape index (κ2) is 9.00. The van der Waals surface area contributed by atoms with E-state index in [1.165, 1.54) is 16.3 Å². The van der Waals surface area contributed by atoms with Crippen molar-refractivity contribution in [1.82, 2.24) is 14.5 Å². The first kappa shape index (κ1) is 22.3. The summed E-state index contributed by atoms with van der Waals surface area (Å²) in [6.45, 7) is 3.98. The van der Waals surface area contributed by atoms with Crippen LogP contribution in [0.15, 0.2) is 76.7 Å². The van der Waals surface area contributed by atoms with Crippen LogP contribution in [0.3, 0.4) is 0 Å². The summed E-state index contributed by atoms with van der Waals surface area (Å²) in [6.07, 6.45) is 0. The number of fused-ring (bicyclic) bond motifs is 3. The van der Waals surface area contributed by atoms with Crippen LogP contribution in [0.1, 0.15) is 11.1 Å². The number of hydrogen-bond acceptors (Lipinski definition) is 4. The number of H-pyrrole nitrogens is 1. The Balaban J connectivity index is 1.54. The zero-order chi connectivity index (χ0) is 23.8. The Morgan fingerprint density at radius 3 is 2.50 bits per heavy atom. The van der Waals surface area contributed by atoms with Crippen molar-refractivity contribution in [3.8, 4) is 5.69 Å². The molecule has 1 amide bonds. The summed E-state index contributed by atoms with van der Waals surface area (Å²) in [5.74, 6) is -0.0770. The average Bonchev–Trinajstić information content (AvgIpc) is 3.17. The van der Waals surface area contributed by atoms with E-state index in [9.17, 15) is 9.59 Å². The van der Waals surface area contributed by atoms with Crippen LogP contribution >= 0.6 is 23.4 Å². The molecule has 0 unspecified atom stereocenters. The second-order valence-electron chi connectivity index (χ2n) is 8.12. The SMILES string of the molecule is Cc1cc(C)cc(NC(=O)CSc2nc3c([nH]c4ccccc43)c(=O)n2-c2ccc(Cl)cc2)c1. The molecule has 34 heavy (non-hydrogen) atoms. The number of hydrogen-bond donors (Lipinski definition) is 2. The number of rotatable bonds is 5. The molecule has 0 aliphatic carbocycles. The number of nitrogens with zero attached hydrogens (tertiary/aromatic N) is 2. The molecule has 2 aromatic heterocycles. The van der Waals surface area contributed by atoms with E-state index in [0.29, 0.717) is 26.9 Å². The maximum atomic E-state index is 13.6. The fourth-order valence-corrected chi connectivity index (χ4v) is 4.96. The maximum absolute atomic E-state index is 13.6. The number of nitrogens with one attached hydrogen (secondary N) is 2. The van der Waals surface area contributed by atoms with Crippen molar-refractivity contribution in [3.05, 3.63) is 93.2 Å². The molecule has 5 rings (SSSR count). The summed E-state index contributed by atoms with van der Waals surface area (Å²) < 4.78 is 1.52. The Hall–Kier alpha value is -3.55. The third-order valence-corrected chi connectivity index (χ3v) is 6.61. The van der Waals surface area contributed by atoms with Gasteiger partial charge >= 0.3 is 0 Å². The number of anilines is 1. The van der Waals surface area contributed by atoms with Gasteiger partial charge in [-0.25, -0.2) is 4.98 Å². The zero-order valence-electron chi connectivity index (χ0n) is 18.6. The lowest BCUT2D eigenvalue weighted by Crippen LogP contribution is -2.23. The van der Waals surface area contributed by atoms with Crippen LogP contribution in [0.5, 0.6) is 0 Å². The lowest BCUT2D eigenvalue weighted by molar-refractivity contribution is -0.113. The molecule has 0 spiro atoms. The van der Waals surface area contributed by atoms with Gasteiger partial charge in [0, 0.05) is 21.6 Å². The quantitative estimate of drug-likeness (QED) is 0.239. The number of para-hydroxylation sites is 1. The fourth-order valence-electron chi connectivity index (χ4n) is 4.03. The Morgan fingerprint density at radius 2 is 1.76 bits per heavy atom. The van der Waals surface area contributed by atoms with Gasteiger partial charge in [-0.15, -0.1) is 0 Å². The van der Waals surface area contributed by atoms with Gasteiger partial charge in [0.25, 0.3) is 5.56 Å². The third-order valence-electron chi connectivity index (χ3n) is 5.42. The maximum Gasteiger partial charge on any atom is 0.283 e. The van der Waals surface area contributed by atoms with Gasteiger partial charge in [-0.1, -0.05) is 47.6 Å². The van der Waals surface area contributed by atoms with E-state index < -0.39 is 0 Å². The van der Waals surface area contributed by atoms with Crippen molar-refractivity contribution >= 4 is 56.9 Å². The molecule has 2 heterocycles. The zero-order valence-corrected chi connectivity index (χ0v) is 20.1. The van der Waals surface area contributed by atoms with Crippen molar-refractivity contribution in [2.24, 2.45) is 0 Å². The first-order chi connectivity index (χ1) is 16.4. The van der Waals surface area contributed by atoms with Gasteiger partial charge < -0.3 is 10.3 Å². The monoisotopic (exact) mass is 488 g/mol. The van der Waals surface area contributed by atoms with Gasteiger partial charge in [-0.2, -0.15) is 0 Å². The normalized spacial score (nSPS) is 11.3. The molecule has 5 aromatic rings. The summed E-state index contributed by atoms with van der Waals surface area (Å²) in [7, 11) is 0. The number of benzene rings is 3. The first-order valence-corrected chi connectivity index (χ1v) is 12.1. The number of thioether (sulfide) groups is 1. The van der Waals surface area contributed by atoms with E-state index in [2.05, 4.69) is 16.4 Å². The van der Waals surface area contributed by atoms with E-state index in [4.69, 9.17) is 16.6 Å². The molecule has 8 heteroatoms. The fraction of sp³-hybridized carbons (Fsp3) is 0.115. The molecule has 0 aliphatic heterocycles. The molecule has 6 nitrogen and oxygen atoms in total. The standard InChI is InChI=1S/C26H21ClN4O2S/c1-15-11-16(2)13-18(12-15)28-22(32)14-34-26-30-23-20-5-3-4-6-21(20)29-24(23)25(33)31(26)19-9-7-17(27)8-10-19/h3-13,29H,14H2,1-2H3,(H,28,32). The van der Waals surface area contributed by atoms with Crippen LogP contribution < -0.4 is 10.9 Å². The van der Waals surface area contributed by atoms with Crippen molar-refractivity contribution in [3.63, 3.8) is 0 Å². The van der Waals surface area contributed by atoms with Gasteiger partial charge in [0.15, 0.2) is 5.16 Å². The molecule has 0 fully saturated rings. The number of halogens is 1. The van der Waals surface area contributed by atoms with Crippen molar-refractivity contribution < 1.29 is 4.79 Å². The lowest BCUT2D eigenvalue weighted by atomic mass is 10.1. The number of carbonyl (C=O) groups excluding carboxylic acids is 1. The van der Waals surface area contributed by atoms with Crippen LogP contribution in [0.4, 0.5) is 5.69 Å². The lowest BCUT2D eigenvalue weighted by Gasteiger charge is -2.12. The molecule has 0 saturated heterocycles. The highest BCUT2D eigenvalue weighted by Crippen LogP contribution is 2.27. The van der Waals surface area contributed by atoms with E-state index in [-0.39, 0.29) is 17.2 Å². The van der Waals surface area contributed by atoms with Crippen molar-refractivity contribution in [1.29, 1.82) is 0 Å². The molecule has 0 bridgehead atoms. The topological polar surface area (TPSA) is 79.8 Å². The minimum atomic E-state index is -0.235. The molecule has 2 N–H and O–H groups in total. The van der Waals surface area contributed by atoms with Crippen LogP contribution in [0, 0.1) is 13.8 Å². The van der Waals surface area contributed by atoms with Gasteiger partial charge in [-0.3, -0.25) is 14.2 Å². The Labute approximate surface area is 205 Å². The summed E-state index contributed by atoms with van der Waals surface area (Å²) in [4.78, 5) is 34.3. The molecule has 0 saturated carbocycles. The summed E-state index contributed by atoms with van der Waals surface area (Å²) in [6, 6.07) is 20.5. The van der Waals surface area contributed by atoms with E-state index in [1.54, 1.807) is 24.3 Å². The molecular weight excluding hydrogens is 468 g/mol. The molecule has 0 aliphatic rings. The largest absolute Gasteiger partial charge is 0.349 e. The summed E-state index contributed by atoms with van der Waals surface area (Å²) >= 11 is 7.28. The minimum Gasteiger partial charge on any atom is -0.349 e. The molecule has 170 valence electrons. The Bertz CT molecular complexity index is 1590. The molecule has 3 aromatic carbocycles. The van der Waals surface area contributed by atoms with Gasteiger partial charge in [0.2, 0.25) is 5.91 Å². The Kier molecular flexibility index (Phi) is 5.89. The van der Waals surface area contributed by atoms with Gasteiger partial charge in [0.1, 0.15) is 11.0 Å². The van der Waals surface area contributed by atoms with Crippen LogP contribution in [-0.4, -0.2) is 26.2 Å². The van der Waals surface area contributed by atoms with Crippen LogP contribution in [-0.2, 0) is 4.79 Å². The van der Waals surface area contributed by atoms with Gasteiger partial charge in [0.05, 0.1) is 11.4 Å². The third kappa shape index (κ3) is 4.32. The number of aromatic amines is 1. The smallest absolute Gasteiger partial charge is 0.283 e. The first-order valence-electron chi connectivity index (χ1n) is 10.7. The highest BCUT2D eigenvalue weighted by atomic mass is 35.5. The van der Waals surface area contributed by atoms with E-state index >= 15 is 0 Å². The predicted octanol–water partition coefficient (Wildman–Crippen LogP) is 5.87. The highest BCUT2D eigenvalue weighted by molar-refractivity contribution is 7.99. The number of aryl methyl sites for hydroxylation is 2. The second-order valence-corrected chi connectivity index (χ2v) is 9.50. The van der Waals surface area contributed by atoms with Gasteiger partial charge in [-0.05, 0) is 67.4 Å². The number of aromatic nitrogens is 3. The van der Waals surface area contributed by atoms with E-state index in [1.807, 2.05) is 50.2 Å².